The molecule has 2 aliphatic rings. The summed E-state index contributed by atoms with van der Waals surface area (Å²) in [6.07, 6.45) is 7.40. The SMILES string of the molecule is O=C(O)CCCCCCNC(=O)C1CCCN(C(=O)C2CC2)C1. The molecule has 130 valence electrons. The van der Waals surface area contributed by atoms with Gasteiger partial charge in [-0.3, -0.25) is 14.4 Å². The number of piperidine rings is 1. The Bertz CT molecular complexity index is 434. The highest BCUT2D eigenvalue weighted by Gasteiger charge is 2.36. The van der Waals surface area contributed by atoms with Gasteiger partial charge >= 0.3 is 5.97 Å². The second-order valence-electron chi connectivity index (χ2n) is 6.75. The van der Waals surface area contributed by atoms with E-state index < -0.39 is 5.97 Å². The first kappa shape index (κ1) is 17.8. The number of carboxylic acid groups (broad SMARTS) is 1. The van der Waals surface area contributed by atoms with E-state index in [1.54, 1.807) is 0 Å². The lowest BCUT2D eigenvalue weighted by molar-refractivity contribution is -0.138. The largest absolute Gasteiger partial charge is 0.481 e. The number of hydrogen-bond acceptors (Lipinski definition) is 3. The third-order valence-corrected chi connectivity index (χ3v) is 4.65. The van der Waals surface area contributed by atoms with Crippen LogP contribution in [0.3, 0.4) is 0 Å². The highest BCUT2D eigenvalue weighted by atomic mass is 16.4. The van der Waals surface area contributed by atoms with Gasteiger partial charge in [0.2, 0.25) is 11.8 Å². The number of carbonyl (C=O) groups excluding carboxylic acids is 2. The number of nitrogens with zero attached hydrogens (tertiary/aromatic N) is 1. The van der Waals surface area contributed by atoms with E-state index in [0.717, 1.165) is 51.5 Å². The predicted molar refractivity (Wildman–Crippen MR) is 85.8 cm³/mol. The molecule has 23 heavy (non-hydrogen) atoms. The monoisotopic (exact) mass is 324 g/mol. The van der Waals surface area contributed by atoms with E-state index in [2.05, 4.69) is 5.32 Å². The molecule has 1 unspecified atom stereocenters. The number of carboxylic acids is 1. The van der Waals surface area contributed by atoms with E-state index in [0.29, 0.717) is 19.5 Å². The Kier molecular flexibility index (Phi) is 6.86. The molecule has 2 fully saturated rings. The molecule has 1 aliphatic carbocycles. The van der Waals surface area contributed by atoms with Crippen molar-refractivity contribution >= 4 is 17.8 Å². The fourth-order valence-corrected chi connectivity index (χ4v) is 3.09. The maximum absolute atomic E-state index is 12.2. The van der Waals surface area contributed by atoms with Crippen LogP contribution in [0.15, 0.2) is 0 Å². The van der Waals surface area contributed by atoms with Gasteiger partial charge in [-0.1, -0.05) is 12.8 Å². The van der Waals surface area contributed by atoms with Crippen LogP contribution in [0.2, 0.25) is 0 Å². The van der Waals surface area contributed by atoms with Gasteiger partial charge in [-0.25, -0.2) is 0 Å². The number of carbonyl (C=O) groups is 3. The van der Waals surface area contributed by atoms with Gasteiger partial charge < -0.3 is 15.3 Å². The van der Waals surface area contributed by atoms with Crippen LogP contribution in [0.25, 0.3) is 0 Å². The molecule has 6 nitrogen and oxygen atoms in total. The second kappa shape index (κ2) is 8.89. The second-order valence-corrected chi connectivity index (χ2v) is 6.75. The molecule has 1 aliphatic heterocycles. The Morgan fingerprint density at radius 2 is 1.74 bits per heavy atom. The van der Waals surface area contributed by atoms with Crippen LogP contribution in [-0.2, 0) is 14.4 Å². The predicted octanol–water partition coefficient (Wildman–Crippen LogP) is 1.79. The topological polar surface area (TPSA) is 86.7 Å². The average Bonchev–Trinajstić information content (AvgIpc) is 3.37. The maximum atomic E-state index is 12.2. The molecule has 1 heterocycles. The minimum absolute atomic E-state index is 0.0591. The molecule has 0 aromatic heterocycles. The molecule has 0 spiro atoms. The lowest BCUT2D eigenvalue weighted by Crippen LogP contribution is -2.46. The van der Waals surface area contributed by atoms with Gasteiger partial charge in [0.05, 0.1) is 5.92 Å². The van der Waals surface area contributed by atoms with E-state index in [4.69, 9.17) is 5.11 Å². The normalized spacial score (nSPS) is 21.0. The zero-order valence-electron chi connectivity index (χ0n) is 13.8. The molecule has 2 amide bonds. The van der Waals surface area contributed by atoms with Crippen LogP contribution in [0.4, 0.5) is 0 Å². The number of unbranched alkanes of at least 4 members (excludes halogenated alkanes) is 3. The lowest BCUT2D eigenvalue weighted by Gasteiger charge is -2.32. The Morgan fingerprint density at radius 1 is 1.00 bits per heavy atom. The number of rotatable bonds is 9. The Hall–Kier alpha value is -1.59. The van der Waals surface area contributed by atoms with Crippen LogP contribution in [-0.4, -0.2) is 47.4 Å². The summed E-state index contributed by atoms with van der Waals surface area (Å²) in [4.78, 5) is 36.6. The van der Waals surface area contributed by atoms with Crippen molar-refractivity contribution in [3.63, 3.8) is 0 Å². The molecule has 0 radical (unpaired) electrons. The third-order valence-electron chi connectivity index (χ3n) is 4.65. The van der Waals surface area contributed by atoms with Crippen molar-refractivity contribution in [1.29, 1.82) is 0 Å². The quantitative estimate of drug-likeness (QED) is 0.633. The minimum atomic E-state index is -0.749. The van der Waals surface area contributed by atoms with E-state index >= 15 is 0 Å². The Morgan fingerprint density at radius 3 is 2.43 bits per heavy atom. The molecule has 0 bridgehead atoms. The zero-order chi connectivity index (χ0) is 16.7. The summed E-state index contributed by atoms with van der Waals surface area (Å²) in [7, 11) is 0. The van der Waals surface area contributed by atoms with Crippen molar-refractivity contribution < 1.29 is 19.5 Å². The highest BCUT2D eigenvalue weighted by molar-refractivity contribution is 5.83. The summed E-state index contributed by atoms with van der Waals surface area (Å²) in [5.41, 5.74) is 0. The van der Waals surface area contributed by atoms with Crippen LogP contribution in [0.5, 0.6) is 0 Å². The van der Waals surface area contributed by atoms with Gasteiger partial charge in [-0.2, -0.15) is 0 Å². The molecule has 0 aromatic carbocycles. The lowest BCUT2D eigenvalue weighted by atomic mass is 9.96. The zero-order valence-corrected chi connectivity index (χ0v) is 13.8. The number of likely N-dealkylation sites (tertiary alicyclic amines) is 1. The van der Waals surface area contributed by atoms with E-state index in [1.807, 2.05) is 4.90 Å². The van der Waals surface area contributed by atoms with Crippen LogP contribution in [0, 0.1) is 11.8 Å². The molecule has 1 atom stereocenters. The first-order valence-corrected chi connectivity index (χ1v) is 8.86. The molecule has 0 aromatic rings. The van der Waals surface area contributed by atoms with Crippen molar-refractivity contribution in [3.05, 3.63) is 0 Å². The van der Waals surface area contributed by atoms with E-state index in [1.165, 1.54) is 0 Å². The summed E-state index contributed by atoms with van der Waals surface area (Å²) < 4.78 is 0. The first-order chi connectivity index (χ1) is 11.1. The third kappa shape index (κ3) is 6.20. The summed E-state index contributed by atoms with van der Waals surface area (Å²) in [5.74, 6) is -0.299. The van der Waals surface area contributed by atoms with Crippen molar-refractivity contribution in [1.82, 2.24) is 10.2 Å². The smallest absolute Gasteiger partial charge is 0.303 e. The van der Waals surface area contributed by atoms with Gasteiger partial charge in [0.15, 0.2) is 0 Å². The Balaban J connectivity index is 1.57. The summed E-state index contributed by atoms with van der Waals surface area (Å²) in [5, 5.41) is 11.5. The molecule has 1 saturated heterocycles. The minimum Gasteiger partial charge on any atom is -0.481 e. The molecular weight excluding hydrogens is 296 g/mol. The van der Waals surface area contributed by atoms with Crippen molar-refractivity contribution in [3.8, 4) is 0 Å². The number of amides is 2. The maximum Gasteiger partial charge on any atom is 0.303 e. The van der Waals surface area contributed by atoms with Gasteiger partial charge in [-0.15, -0.1) is 0 Å². The summed E-state index contributed by atoms with van der Waals surface area (Å²) in [6.45, 7) is 2.00. The summed E-state index contributed by atoms with van der Waals surface area (Å²) in [6, 6.07) is 0. The fraction of sp³-hybridized carbons (Fsp3) is 0.824. The van der Waals surface area contributed by atoms with Crippen molar-refractivity contribution in [2.24, 2.45) is 11.8 Å². The van der Waals surface area contributed by atoms with Crippen LogP contribution < -0.4 is 5.32 Å². The van der Waals surface area contributed by atoms with Gasteiger partial charge in [-0.05, 0) is 38.5 Å². The van der Waals surface area contributed by atoms with Crippen molar-refractivity contribution in [2.75, 3.05) is 19.6 Å². The van der Waals surface area contributed by atoms with E-state index in [9.17, 15) is 14.4 Å². The van der Waals surface area contributed by atoms with Gasteiger partial charge in [0.25, 0.3) is 0 Å². The average molecular weight is 324 g/mol. The molecular formula is C17H28N2O4. The molecule has 2 rings (SSSR count). The molecule has 2 N–H and O–H groups in total. The van der Waals surface area contributed by atoms with Gasteiger partial charge in [0.1, 0.15) is 0 Å². The Labute approximate surface area is 137 Å². The molecule has 6 heteroatoms. The van der Waals surface area contributed by atoms with Gasteiger partial charge in [0, 0.05) is 32.0 Å². The van der Waals surface area contributed by atoms with Crippen LogP contribution in [0.1, 0.15) is 57.8 Å². The fourth-order valence-electron chi connectivity index (χ4n) is 3.09. The molecule has 1 saturated carbocycles. The first-order valence-electron chi connectivity index (χ1n) is 8.86. The number of aliphatic carboxylic acids is 1. The van der Waals surface area contributed by atoms with Crippen molar-refractivity contribution in [2.45, 2.75) is 57.8 Å². The number of hydrogen-bond donors (Lipinski definition) is 2. The van der Waals surface area contributed by atoms with E-state index in [-0.39, 0.29) is 30.1 Å². The summed E-state index contributed by atoms with van der Waals surface area (Å²) >= 11 is 0. The highest BCUT2D eigenvalue weighted by Crippen LogP contribution is 2.32. The standard InChI is InChI=1S/C17H28N2O4/c20-15(21)7-3-1-2-4-10-18-16(22)14-6-5-11-19(12-14)17(23)13-8-9-13/h13-14H,1-12H2,(H,18,22)(H,20,21). The van der Waals surface area contributed by atoms with Crippen LogP contribution >= 0.6 is 0 Å². The number of nitrogens with one attached hydrogen (secondary N) is 1.